The minimum Gasteiger partial charge on any atom is -0.394 e. The molecule has 9 nitrogen and oxygen atoms in total. The summed E-state index contributed by atoms with van der Waals surface area (Å²) in [6.07, 6.45) is -1.26. The Hall–Kier alpha value is -1.81. The lowest BCUT2D eigenvalue weighted by atomic mass is 9.95. The molecule has 0 spiro atoms. The van der Waals surface area contributed by atoms with Crippen LogP contribution in [0.1, 0.15) is 44.9 Å². The molecule has 5 atom stereocenters. The number of carbonyl (C=O) groups is 1. The first-order chi connectivity index (χ1) is 12.3. The first kappa shape index (κ1) is 20.5. The number of Topliss-reactive ketones (excluding diaryl/α,β-unsaturated/α-hetero) is 1. The van der Waals surface area contributed by atoms with E-state index in [1.165, 1.54) is 6.20 Å². The molecule has 1 unspecified atom stereocenters. The summed E-state index contributed by atoms with van der Waals surface area (Å²) >= 11 is 0. The van der Waals surface area contributed by atoms with E-state index in [1.54, 1.807) is 0 Å². The van der Waals surface area contributed by atoms with Crippen molar-refractivity contribution in [3.05, 3.63) is 22.2 Å². The number of aromatic nitrogens is 2. The van der Waals surface area contributed by atoms with Gasteiger partial charge in [-0.25, -0.2) is 4.79 Å². The molecule has 0 saturated carbocycles. The van der Waals surface area contributed by atoms with Crippen molar-refractivity contribution in [2.45, 2.75) is 64.1 Å². The molecule has 146 valence electrons. The molecule has 1 aromatic rings. The van der Waals surface area contributed by atoms with Crippen molar-refractivity contribution >= 4 is 11.6 Å². The molecule has 1 saturated heterocycles. The second kappa shape index (κ2) is 8.72. The summed E-state index contributed by atoms with van der Waals surface area (Å²) in [5.74, 6) is 0.241. The number of hydrogen-bond acceptors (Lipinski definition) is 8. The zero-order valence-corrected chi connectivity index (χ0v) is 15.0. The molecule has 0 amide bonds. The molecule has 1 aliphatic rings. The Morgan fingerprint density at radius 2 is 2.12 bits per heavy atom. The summed E-state index contributed by atoms with van der Waals surface area (Å²) in [6.45, 7) is 3.37. The Morgan fingerprint density at radius 1 is 1.42 bits per heavy atom. The SMILES string of the molecule is CCCC(=O)CC(C)Cc1cn([C@@H]2O[C@H](CO)[C@@H](O)[C@H]2O)c(=O)nc1N. The first-order valence-electron chi connectivity index (χ1n) is 8.80. The van der Waals surface area contributed by atoms with Gasteiger partial charge in [-0.3, -0.25) is 9.36 Å². The number of aliphatic hydroxyl groups excluding tert-OH is 3. The molecular formula is C17H27N3O6. The van der Waals surface area contributed by atoms with E-state index in [2.05, 4.69) is 4.98 Å². The van der Waals surface area contributed by atoms with Crippen LogP contribution in [0.4, 0.5) is 5.82 Å². The van der Waals surface area contributed by atoms with Crippen LogP contribution in [-0.4, -0.2) is 55.6 Å². The number of ether oxygens (including phenoxy) is 1. The number of rotatable bonds is 8. The zero-order valence-electron chi connectivity index (χ0n) is 15.0. The molecule has 2 heterocycles. The maximum absolute atomic E-state index is 12.2. The van der Waals surface area contributed by atoms with Gasteiger partial charge in [0, 0.05) is 24.6 Å². The topological polar surface area (TPSA) is 148 Å². The highest BCUT2D eigenvalue weighted by Gasteiger charge is 2.43. The second-order valence-corrected chi connectivity index (χ2v) is 6.87. The fourth-order valence-electron chi connectivity index (χ4n) is 3.19. The second-order valence-electron chi connectivity index (χ2n) is 6.87. The Balaban J connectivity index is 2.21. The van der Waals surface area contributed by atoms with E-state index in [0.29, 0.717) is 24.8 Å². The van der Waals surface area contributed by atoms with E-state index in [0.717, 1.165) is 11.0 Å². The number of nitrogens with zero attached hydrogens (tertiary/aromatic N) is 2. The van der Waals surface area contributed by atoms with E-state index in [4.69, 9.17) is 10.5 Å². The van der Waals surface area contributed by atoms with Crippen LogP contribution in [0.15, 0.2) is 11.0 Å². The summed E-state index contributed by atoms with van der Waals surface area (Å²) in [4.78, 5) is 27.7. The Bertz CT molecular complexity index is 692. The van der Waals surface area contributed by atoms with E-state index in [-0.39, 0.29) is 17.5 Å². The van der Waals surface area contributed by atoms with Crippen LogP contribution in [0.5, 0.6) is 0 Å². The summed E-state index contributed by atoms with van der Waals surface area (Å²) in [5.41, 5.74) is 5.67. The molecule has 0 radical (unpaired) electrons. The fraction of sp³-hybridized carbons (Fsp3) is 0.706. The van der Waals surface area contributed by atoms with E-state index in [1.807, 2.05) is 13.8 Å². The van der Waals surface area contributed by atoms with Crippen LogP contribution >= 0.6 is 0 Å². The van der Waals surface area contributed by atoms with Gasteiger partial charge in [-0.05, 0) is 18.8 Å². The van der Waals surface area contributed by atoms with E-state index in [9.17, 15) is 24.9 Å². The van der Waals surface area contributed by atoms with Crippen molar-refractivity contribution < 1.29 is 24.9 Å². The Morgan fingerprint density at radius 3 is 2.69 bits per heavy atom. The van der Waals surface area contributed by atoms with Gasteiger partial charge >= 0.3 is 5.69 Å². The van der Waals surface area contributed by atoms with Gasteiger partial charge in [0.05, 0.1) is 6.61 Å². The third-order valence-corrected chi connectivity index (χ3v) is 4.53. The summed E-state index contributed by atoms with van der Waals surface area (Å²) in [5, 5.41) is 29.2. The van der Waals surface area contributed by atoms with Gasteiger partial charge in [-0.2, -0.15) is 4.98 Å². The van der Waals surface area contributed by atoms with Gasteiger partial charge in [-0.15, -0.1) is 0 Å². The first-order valence-corrected chi connectivity index (χ1v) is 8.80. The number of nitrogen functional groups attached to an aromatic ring is 1. The molecular weight excluding hydrogens is 342 g/mol. The average Bonchev–Trinajstić information content (AvgIpc) is 2.85. The average molecular weight is 369 g/mol. The molecule has 26 heavy (non-hydrogen) atoms. The van der Waals surface area contributed by atoms with Crippen molar-refractivity contribution in [1.29, 1.82) is 0 Å². The summed E-state index contributed by atoms with van der Waals surface area (Å²) in [7, 11) is 0. The predicted molar refractivity (Wildman–Crippen MR) is 93.3 cm³/mol. The fourth-order valence-corrected chi connectivity index (χ4v) is 3.19. The van der Waals surface area contributed by atoms with Crippen molar-refractivity contribution in [3.63, 3.8) is 0 Å². The minimum atomic E-state index is -1.38. The molecule has 0 aromatic carbocycles. The van der Waals surface area contributed by atoms with Gasteiger partial charge in [0.2, 0.25) is 0 Å². The lowest BCUT2D eigenvalue weighted by Crippen LogP contribution is -2.36. The van der Waals surface area contributed by atoms with Gasteiger partial charge in [0.1, 0.15) is 29.9 Å². The number of nitrogens with two attached hydrogens (primary N) is 1. The monoisotopic (exact) mass is 369 g/mol. The van der Waals surface area contributed by atoms with Crippen LogP contribution in [-0.2, 0) is 16.0 Å². The number of ketones is 1. The molecule has 1 aromatic heterocycles. The zero-order chi connectivity index (χ0) is 19.4. The Labute approximate surface area is 151 Å². The summed E-state index contributed by atoms with van der Waals surface area (Å²) < 4.78 is 6.44. The third-order valence-electron chi connectivity index (χ3n) is 4.53. The molecule has 9 heteroatoms. The number of carbonyl (C=O) groups excluding carboxylic acids is 1. The lowest BCUT2D eigenvalue weighted by molar-refractivity contribution is -0.119. The highest BCUT2D eigenvalue weighted by Crippen LogP contribution is 2.29. The van der Waals surface area contributed by atoms with Crippen molar-refractivity contribution in [2.75, 3.05) is 12.3 Å². The van der Waals surface area contributed by atoms with Crippen LogP contribution in [0.2, 0.25) is 0 Å². The van der Waals surface area contributed by atoms with Crippen LogP contribution in [0.25, 0.3) is 0 Å². The normalized spacial score (nSPS) is 26.8. The van der Waals surface area contributed by atoms with Gasteiger partial charge < -0.3 is 25.8 Å². The van der Waals surface area contributed by atoms with Crippen LogP contribution in [0, 0.1) is 5.92 Å². The van der Waals surface area contributed by atoms with E-state index < -0.39 is 36.8 Å². The van der Waals surface area contributed by atoms with Crippen molar-refractivity contribution in [1.82, 2.24) is 9.55 Å². The predicted octanol–water partition coefficient (Wildman–Crippen LogP) is -0.625. The quantitative estimate of drug-likeness (QED) is 0.474. The van der Waals surface area contributed by atoms with Crippen molar-refractivity contribution in [3.8, 4) is 0 Å². The molecule has 2 rings (SSSR count). The van der Waals surface area contributed by atoms with Gasteiger partial charge in [0.25, 0.3) is 0 Å². The standard InChI is InChI=1S/C17H27N3O6/c1-3-4-11(22)6-9(2)5-10-7-20(17(25)19-15(10)18)16-14(24)13(23)12(8-21)26-16/h7,9,12-14,16,21,23-24H,3-6,8H2,1-2H3,(H2,18,19,25)/t9?,12-,13-,14-,16-/m1/s1. The summed E-state index contributed by atoms with van der Waals surface area (Å²) in [6, 6.07) is 0. The number of aliphatic hydroxyl groups is 3. The molecule has 1 aliphatic heterocycles. The molecule has 1 fully saturated rings. The lowest BCUT2D eigenvalue weighted by Gasteiger charge is -2.19. The van der Waals surface area contributed by atoms with Gasteiger partial charge in [-0.1, -0.05) is 13.8 Å². The largest absolute Gasteiger partial charge is 0.394 e. The third kappa shape index (κ3) is 4.47. The number of anilines is 1. The van der Waals surface area contributed by atoms with Crippen LogP contribution in [0.3, 0.4) is 0 Å². The highest BCUT2D eigenvalue weighted by molar-refractivity contribution is 5.78. The Kier molecular flexibility index (Phi) is 6.87. The highest BCUT2D eigenvalue weighted by atomic mass is 16.6. The van der Waals surface area contributed by atoms with Crippen molar-refractivity contribution in [2.24, 2.45) is 5.92 Å². The molecule has 0 bridgehead atoms. The number of hydrogen-bond donors (Lipinski definition) is 4. The van der Waals surface area contributed by atoms with E-state index >= 15 is 0 Å². The smallest absolute Gasteiger partial charge is 0.351 e. The maximum Gasteiger partial charge on any atom is 0.351 e. The van der Waals surface area contributed by atoms with Crippen LogP contribution < -0.4 is 11.4 Å². The molecule has 0 aliphatic carbocycles. The van der Waals surface area contributed by atoms with Gasteiger partial charge in [0.15, 0.2) is 6.23 Å². The molecule has 5 N–H and O–H groups in total. The minimum absolute atomic E-state index is 0.00861. The maximum atomic E-state index is 12.2.